The Morgan fingerprint density at radius 1 is 1.21 bits per heavy atom. The molecule has 3 rings (SSSR count). The first-order chi connectivity index (χ1) is 11.6. The van der Waals surface area contributed by atoms with Gasteiger partial charge in [0.1, 0.15) is 5.75 Å². The second-order valence-corrected chi connectivity index (χ2v) is 5.20. The SMILES string of the molecule is COc1ccc(C)cc1N(C)C(=O)c1nc(-c2ccncc2)no1. The summed E-state index contributed by atoms with van der Waals surface area (Å²) in [7, 11) is 3.19. The number of aromatic nitrogens is 3. The number of hydrogen-bond donors (Lipinski definition) is 0. The van der Waals surface area contributed by atoms with Crippen LogP contribution in [0.1, 0.15) is 16.2 Å². The first kappa shape index (κ1) is 15.7. The van der Waals surface area contributed by atoms with Crippen LogP contribution in [0.5, 0.6) is 5.75 Å². The van der Waals surface area contributed by atoms with Crippen LogP contribution in [-0.2, 0) is 0 Å². The van der Waals surface area contributed by atoms with Gasteiger partial charge in [-0.2, -0.15) is 4.98 Å². The van der Waals surface area contributed by atoms with Gasteiger partial charge in [0, 0.05) is 25.0 Å². The molecule has 1 aromatic carbocycles. The zero-order valence-corrected chi connectivity index (χ0v) is 13.6. The number of carbonyl (C=O) groups excluding carboxylic acids is 1. The minimum Gasteiger partial charge on any atom is -0.495 e. The van der Waals surface area contributed by atoms with E-state index < -0.39 is 5.91 Å². The molecule has 0 atom stereocenters. The Morgan fingerprint density at radius 3 is 2.67 bits per heavy atom. The fourth-order valence-corrected chi connectivity index (χ4v) is 2.24. The molecule has 3 aromatic rings. The molecule has 0 aliphatic rings. The van der Waals surface area contributed by atoms with Crippen molar-refractivity contribution in [3.05, 3.63) is 54.2 Å². The van der Waals surface area contributed by atoms with Crippen LogP contribution < -0.4 is 9.64 Å². The van der Waals surface area contributed by atoms with Crippen LogP contribution in [0.4, 0.5) is 5.69 Å². The molecule has 0 fully saturated rings. The van der Waals surface area contributed by atoms with Crippen LogP contribution in [0, 0.1) is 6.92 Å². The summed E-state index contributed by atoms with van der Waals surface area (Å²) in [6, 6.07) is 9.06. The van der Waals surface area contributed by atoms with E-state index in [1.807, 2.05) is 25.1 Å². The Labute approximate surface area is 138 Å². The lowest BCUT2D eigenvalue weighted by Crippen LogP contribution is -2.27. The zero-order chi connectivity index (χ0) is 17.1. The molecular formula is C17H16N4O3. The van der Waals surface area contributed by atoms with E-state index in [-0.39, 0.29) is 5.89 Å². The summed E-state index contributed by atoms with van der Waals surface area (Å²) in [5, 5.41) is 3.85. The van der Waals surface area contributed by atoms with Gasteiger partial charge < -0.3 is 14.2 Å². The van der Waals surface area contributed by atoms with Crippen LogP contribution in [0.3, 0.4) is 0 Å². The minimum absolute atomic E-state index is 0.0899. The Bertz CT molecular complexity index is 861. The monoisotopic (exact) mass is 324 g/mol. The number of pyridine rings is 1. The van der Waals surface area contributed by atoms with Crippen LogP contribution in [0.25, 0.3) is 11.4 Å². The molecule has 24 heavy (non-hydrogen) atoms. The molecule has 2 aromatic heterocycles. The van der Waals surface area contributed by atoms with Crippen molar-refractivity contribution >= 4 is 11.6 Å². The smallest absolute Gasteiger partial charge is 0.316 e. The predicted octanol–water partition coefficient (Wildman–Crippen LogP) is 2.73. The number of nitrogens with zero attached hydrogens (tertiary/aromatic N) is 4. The summed E-state index contributed by atoms with van der Waals surface area (Å²) in [5.41, 5.74) is 2.36. The Kier molecular flexibility index (Phi) is 4.24. The Hall–Kier alpha value is -3.22. The maximum absolute atomic E-state index is 12.6. The lowest BCUT2D eigenvalue weighted by molar-refractivity contribution is 0.0950. The highest BCUT2D eigenvalue weighted by Gasteiger charge is 2.23. The number of benzene rings is 1. The number of rotatable bonds is 4. The standard InChI is InChI=1S/C17H16N4O3/c1-11-4-5-14(23-3)13(10-11)21(2)17(22)16-19-15(20-24-16)12-6-8-18-9-7-12/h4-10H,1-3H3. The van der Waals surface area contributed by atoms with E-state index in [1.54, 1.807) is 38.7 Å². The average Bonchev–Trinajstić information content (AvgIpc) is 3.11. The van der Waals surface area contributed by atoms with Crippen LogP contribution in [0.15, 0.2) is 47.2 Å². The van der Waals surface area contributed by atoms with Gasteiger partial charge >= 0.3 is 11.8 Å². The molecule has 0 aliphatic carbocycles. The number of anilines is 1. The molecule has 0 bridgehead atoms. The van der Waals surface area contributed by atoms with Gasteiger partial charge in [-0.05, 0) is 36.8 Å². The third kappa shape index (κ3) is 2.96. The van der Waals surface area contributed by atoms with Gasteiger partial charge in [0.05, 0.1) is 12.8 Å². The minimum atomic E-state index is -0.410. The van der Waals surface area contributed by atoms with Gasteiger partial charge in [0.2, 0.25) is 5.82 Å². The molecule has 0 aliphatic heterocycles. The molecule has 0 N–H and O–H groups in total. The van der Waals surface area contributed by atoms with Crippen molar-refractivity contribution < 1.29 is 14.1 Å². The van der Waals surface area contributed by atoms with E-state index in [2.05, 4.69) is 15.1 Å². The summed E-state index contributed by atoms with van der Waals surface area (Å²) >= 11 is 0. The van der Waals surface area contributed by atoms with Crippen molar-refractivity contribution in [3.8, 4) is 17.1 Å². The molecule has 0 radical (unpaired) electrons. The zero-order valence-electron chi connectivity index (χ0n) is 13.6. The maximum atomic E-state index is 12.6. The van der Waals surface area contributed by atoms with Crippen molar-refractivity contribution in [2.75, 3.05) is 19.1 Å². The number of aryl methyl sites for hydroxylation is 1. The summed E-state index contributed by atoms with van der Waals surface area (Å²) in [6.07, 6.45) is 3.24. The van der Waals surface area contributed by atoms with Gasteiger partial charge in [-0.15, -0.1) is 0 Å². The quantitative estimate of drug-likeness (QED) is 0.734. The molecule has 1 amide bonds. The highest BCUT2D eigenvalue weighted by atomic mass is 16.5. The van der Waals surface area contributed by atoms with E-state index in [9.17, 15) is 4.79 Å². The van der Waals surface area contributed by atoms with Gasteiger partial charge in [-0.25, -0.2) is 0 Å². The molecule has 122 valence electrons. The van der Waals surface area contributed by atoms with Gasteiger partial charge in [0.25, 0.3) is 0 Å². The second kappa shape index (κ2) is 6.49. The summed E-state index contributed by atoms with van der Waals surface area (Å²) in [5.74, 6) is 0.426. The molecule has 0 spiro atoms. The van der Waals surface area contributed by atoms with Crippen LogP contribution in [-0.4, -0.2) is 35.2 Å². The third-order valence-electron chi connectivity index (χ3n) is 3.55. The topological polar surface area (TPSA) is 81.4 Å². The van der Waals surface area contributed by atoms with E-state index in [1.165, 1.54) is 4.90 Å². The van der Waals surface area contributed by atoms with Gasteiger partial charge in [-0.3, -0.25) is 9.78 Å². The first-order valence-electron chi connectivity index (χ1n) is 7.27. The maximum Gasteiger partial charge on any atom is 0.316 e. The number of hydrogen-bond acceptors (Lipinski definition) is 6. The van der Waals surface area contributed by atoms with Crippen LogP contribution in [0.2, 0.25) is 0 Å². The third-order valence-corrected chi connectivity index (χ3v) is 3.55. The van der Waals surface area contributed by atoms with Gasteiger partial charge in [0.15, 0.2) is 0 Å². The van der Waals surface area contributed by atoms with E-state index in [0.29, 0.717) is 17.3 Å². The largest absolute Gasteiger partial charge is 0.495 e. The fraction of sp³-hybridized carbons (Fsp3) is 0.176. The normalized spacial score (nSPS) is 10.5. The van der Waals surface area contributed by atoms with E-state index >= 15 is 0 Å². The van der Waals surface area contributed by atoms with Gasteiger partial charge in [-0.1, -0.05) is 11.2 Å². The van der Waals surface area contributed by atoms with Crippen LogP contribution >= 0.6 is 0 Å². The van der Waals surface area contributed by atoms with Crippen molar-refractivity contribution in [3.63, 3.8) is 0 Å². The highest BCUT2D eigenvalue weighted by Crippen LogP contribution is 2.29. The summed E-state index contributed by atoms with van der Waals surface area (Å²) in [6.45, 7) is 1.94. The molecule has 7 heteroatoms. The lowest BCUT2D eigenvalue weighted by Gasteiger charge is -2.18. The molecule has 0 saturated carbocycles. The summed E-state index contributed by atoms with van der Waals surface area (Å²) in [4.78, 5) is 22.2. The fourth-order valence-electron chi connectivity index (χ4n) is 2.24. The number of ether oxygens (including phenoxy) is 1. The van der Waals surface area contributed by atoms with Crippen molar-refractivity contribution in [2.45, 2.75) is 6.92 Å². The molecular weight excluding hydrogens is 308 g/mol. The molecule has 7 nitrogen and oxygen atoms in total. The summed E-state index contributed by atoms with van der Waals surface area (Å²) < 4.78 is 10.4. The average molecular weight is 324 g/mol. The Balaban J connectivity index is 1.90. The first-order valence-corrected chi connectivity index (χ1v) is 7.27. The van der Waals surface area contributed by atoms with E-state index in [4.69, 9.17) is 9.26 Å². The van der Waals surface area contributed by atoms with E-state index in [0.717, 1.165) is 11.1 Å². The number of amides is 1. The van der Waals surface area contributed by atoms with Crippen molar-refractivity contribution in [2.24, 2.45) is 0 Å². The Morgan fingerprint density at radius 2 is 1.96 bits per heavy atom. The predicted molar refractivity (Wildman–Crippen MR) is 88.0 cm³/mol. The number of methoxy groups -OCH3 is 1. The lowest BCUT2D eigenvalue weighted by atomic mass is 10.2. The molecule has 2 heterocycles. The number of carbonyl (C=O) groups is 1. The van der Waals surface area contributed by atoms with Crippen molar-refractivity contribution in [1.29, 1.82) is 0 Å². The second-order valence-electron chi connectivity index (χ2n) is 5.20. The molecule has 0 saturated heterocycles. The van der Waals surface area contributed by atoms with Crippen molar-refractivity contribution in [1.82, 2.24) is 15.1 Å². The molecule has 0 unspecified atom stereocenters. The highest BCUT2D eigenvalue weighted by molar-refractivity contribution is 6.03.